The van der Waals surface area contributed by atoms with Crippen LogP contribution in [0.25, 0.3) is 0 Å². The van der Waals surface area contributed by atoms with Crippen LogP contribution in [0.2, 0.25) is 5.02 Å². The third-order valence-corrected chi connectivity index (χ3v) is 8.91. The van der Waals surface area contributed by atoms with Gasteiger partial charge in [0, 0.05) is 6.54 Å². The van der Waals surface area contributed by atoms with E-state index in [1.165, 1.54) is 4.90 Å². The van der Waals surface area contributed by atoms with Crippen molar-refractivity contribution in [3.8, 4) is 0 Å². The van der Waals surface area contributed by atoms with E-state index in [2.05, 4.69) is 10.6 Å². The number of nitrogens with one attached hydrogen (secondary N) is 2. The first-order valence-electron chi connectivity index (χ1n) is 13.3. The Bertz CT molecular complexity index is 1210. The molecule has 2 bridgehead atoms. The van der Waals surface area contributed by atoms with E-state index < -0.39 is 41.5 Å². The van der Waals surface area contributed by atoms with Crippen LogP contribution in [0.3, 0.4) is 0 Å². The molecule has 3 amide bonds. The molecule has 7 atom stereocenters. The van der Waals surface area contributed by atoms with Crippen LogP contribution in [0.4, 0.5) is 5.69 Å². The third kappa shape index (κ3) is 4.38. The van der Waals surface area contributed by atoms with E-state index in [1.807, 2.05) is 44.2 Å². The maximum atomic E-state index is 14.2. The van der Waals surface area contributed by atoms with Crippen LogP contribution in [0.15, 0.2) is 54.6 Å². The van der Waals surface area contributed by atoms with Gasteiger partial charge in [0.2, 0.25) is 17.7 Å². The number of benzene rings is 2. The first-order valence-corrected chi connectivity index (χ1v) is 13.7. The van der Waals surface area contributed by atoms with E-state index in [4.69, 9.17) is 16.3 Å². The number of para-hydroxylation sites is 1. The summed E-state index contributed by atoms with van der Waals surface area (Å²) in [5.41, 5.74) is 0.233. The van der Waals surface area contributed by atoms with Crippen molar-refractivity contribution in [2.75, 3.05) is 11.9 Å². The number of anilines is 1. The lowest BCUT2D eigenvalue weighted by molar-refractivity contribution is -0.145. The van der Waals surface area contributed by atoms with Gasteiger partial charge in [0.15, 0.2) is 0 Å². The van der Waals surface area contributed by atoms with Crippen LogP contribution in [-0.4, -0.2) is 58.1 Å². The second-order valence-corrected chi connectivity index (χ2v) is 11.0. The van der Waals surface area contributed by atoms with Crippen molar-refractivity contribution in [2.24, 2.45) is 17.8 Å². The Morgan fingerprint density at radius 2 is 1.87 bits per heavy atom. The van der Waals surface area contributed by atoms with Gasteiger partial charge in [-0.3, -0.25) is 14.4 Å². The lowest BCUT2D eigenvalue weighted by atomic mass is 9.70. The molecule has 2 aromatic carbocycles. The molecule has 0 saturated carbocycles. The molecule has 3 heterocycles. The summed E-state index contributed by atoms with van der Waals surface area (Å²) in [6, 6.07) is 14.9. The summed E-state index contributed by atoms with van der Waals surface area (Å²) in [7, 11) is 0. The number of halogens is 1. The zero-order valence-corrected chi connectivity index (χ0v) is 22.4. The van der Waals surface area contributed by atoms with Crippen molar-refractivity contribution >= 4 is 35.0 Å². The number of hydrogen-bond acceptors (Lipinski definition) is 5. The summed E-state index contributed by atoms with van der Waals surface area (Å²) in [5, 5.41) is 16.6. The van der Waals surface area contributed by atoms with Gasteiger partial charge in [-0.25, -0.2) is 0 Å². The molecule has 3 fully saturated rings. The Kier molecular flexibility index (Phi) is 7.49. The van der Waals surface area contributed by atoms with Crippen LogP contribution >= 0.6 is 11.6 Å². The molecular formula is C29H34ClN3O5. The second-order valence-electron chi connectivity index (χ2n) is 10.6. The molecule has 0 radical (unpaired) electrons. The number of ether oxygens (including phenoxy) is 1. The van der Waals surface area contributed by atoms with Crippen molar-refractivity contribution in [3.63, 3.8) is 0 Å². The predicted octanol–water partition coefficient (Wildman–Crippen LogP) is 3.38. The summed E-state index contributed by atoms with van der Waals surface area (Å²) >= 11 is 6.32. The Labute approximate surface area is 227 Å². The molecule has 5 rings (SSSR count). The summed E-state index contributed by atoms with van der Waals surface area (Å²) in [6.45, 7) is 3.97. The number of carbonyl (C=O) groups excluding carboxylic acids is 3. The van der Waals surface area contributed by atoms with E-state index in [0.29, 0.717) is 36.5 Å². The SMILES string of the molecule is CC[C@H](C)[C@H](CO)N1C(=O)[C@@H]2[C@@H](C(=O)NCc3ccccc3)[C@H]3CCC2(O3)C1C(=O)Nc1ccccc1Cl. The standard InChI is InChI=1S/C29H34ClN3O5/c1-3-17(2)21(16-34)33-25(27(36)32-20-12-8-7-11-19(20)30)29-14-13-22(38-29)23(24(29)28(33)37)26(35)31-15-18-9-5-4-6-10-18/h4-12,17,21-25,34H,3,13-16H2,1-2H3,(H,31,35)(H,32,36)/t17-,21-,22+,23-,24-,25?,29?/m0/s1. The fraction of sp³-hybridized carbons (Fsp3) is 0.483. The van der Waals surface area contributed by atoms with E-state index in [0.717, 1.165) is 5.56 Å². The van der Waals surface area contributed by atoms with Crippen molar-refractivity contribution < 1.29 is 24.2 Å². The molecule has 1 spiro atoms. The minimum Gasteiger partial charge on any atom is -0.394 e. The van der Waals surface area contributed by atoms with Crippen LogP contribution in [0, 0.1) is 17.8 Å². The van der Waals surface area contributed by atoms with E-state index in [1.54, 1.807) is 24.3 Å². The minimum absolute atomic E-state index is 0.0719. The maximum Gasteiger partial charge on any atom is 0.250 e. The number of carbonyl (C=O) groups is 3. The summed E-state index contributed by atoms with van der Waals surface area (Å²) in [5.74, 6) is -2.59. The smallest absolute Gasteiger partial charge is 0.250 e. The van der Waals surface area contributed by atoms with E-state index in [-0.39, 0.29) is 24.3 Å². The third-order valence-electron chi connectivity index (χ3n) is 8.58. The molecular weight excluding hydrogens is 506 g/mol. The van der Waals surface area contributed by atoms with Crippen molar-refractivity contribution in [3.05, 3.63) is 65.2 Å². The Balaban J connectivity index is 1.49. The molecule has 0 aromatic heterocycles. The quantitative estimate of drug-likeness (QED) is 0.453. The molecule has 0 aliphatic carbocycles. The number of aliphatic hydroxyl groups excluding tert-OH is 1. The lowest BCUT2D eigenvalue weighted by Crippen LogP contribution is -2.57. The summed E-state index contributed by atoms with van der Waals surface area (Å²) in [4.78, 5) is 43.1. The van der Waals surface area contributed by atoms with E-state index >= 15 is 0 Å². The van der Waals surface area contributed by atoms with Gasteiger partial charge >= 0.3 is 0 Å². The van der Waals surface area contributed by atoms with Gasteiger partial charge in [0.1, 0.15) is 11.6 Å². The zero-order valence-electron chi connectivity index (χ0n) is 21.6. The van der Waals surface area contributed by atoms with Crippen LogP contribution in [0.1, 0.15) is 38.7 Å². The molecule has 3 aliphatic heterocycles. The molecule has 9 heteroatoms. The predicted molar refractivity (Wildman–Crippen MR) is 143 cm³/mol. The zero-order chi connectivity index (χ0) is 27.0. The van der Waals surface area contributed by atoms with Gasteiger partial charge in [0.25, 0.3) is 0 Å². The van der Waals surface area contributed by atoms with Gasteiger partial charge < -0.3 is 25.4 Å². The normalized spacial score (nSPS) is 29.2. The highest BCUT2D eigenvalue weighted by atomic mass is 35.5. The largest absolute Gasteiger partial charge is 0.394 e. The second kappa shape index (κ2) is 10.7. The summed E-state index contributed by atoms with van der Waals surface area (Å²) < 4.78 is 6.48. The maximum absolute atomic E-state index is 14.2. The molecule has 3 aliphatic rings. The van der Waals surface area contributed by atoms with E-state index in [9.17, 15) is 19.5 Å². The van der Waals surface area contributed by atoms with Crippen molar-refractivity contribution in [1.82, 2.24) is 10.2 Å². The van der Waals surface area contributed by atoms with Gasteiger partial charge in [-0.15, -0.1) is 0 Å². The highest BCUT2D eigenvalue weighted by Crippen LogP contribution is 2.59. The highest BCUT2D eigenvalue weighted by Gasteiger charge is 2.75. The topological polar surface area (TPSA) is 108 Å². The average molecular weight is 540 g/mol. The average Bonchev–Trinajstić information content (AvgIpc) is 3.57. The van der Waals surface area contributed by atoms with Crippen molar-refractivity contribution in [2.45, 2.75) is 63.4 Å². The number of aliphatic hydroxyl groups is 1. The summed E-state index contributed by atoms with van der Waals surface area (Å²) in [6.07, 6.45) is 1.31. The monoisotopic (exact) mass is 539 g/mol. The molecule has 2 aromatic rings. The Hall–Kier alpha value is -2.94. The van der Waals surface area contributed by atoms with Crippen molar-refractivity contribution in [1.29, 1.82) is 0 Å². The molecule has 3 N–H and O–H groups in total. The fourth-order valence-corrected chi connectivity index (χ4v) is 6.71. The molecule has 2 unspecified atom stereocenters. The highest BCUT2D eigenvalue weighted by molar-refractivity contribution is 6.33. The minimum atomic E-state index is -1.15. The molecule has 8 nitrogen and oxygen atoms in total. The van der Waals surface area contributed by atoms with Crippen LogP contribution < -0.4 is 10.6 Å². The fourth-order valence-electron chi connectivity index (χ4n) is 6.53. The molecule has 3 saturated heterocycles. The lowest BCUT2D eigenvalue weighted by Gasteiger charge is -2.38. The first-order chi connectivity index (χ1) is 18.3. The number of likely N-dealkylation sites (tertiary alicyclic amines) is 1. The van der Waals surface area contributed by atoms with Gasteiger partial charge in [-0.05, 0) is 36.5 Å². The number of nitrogens with zero attached hydrogens (tertiary/aromatic N) is 1. The van der Waals surface area contributed by atoms with Gasteiger partial charge in [-0.1, -0.05) is 74.3 Å². The van der Waals surface area contributed by atoms with Gasteiger partial charge in [-0.2, -0.15) is 0 Å². The number of amides is 3. The molecule has 202 valence electrons. The first kappa shape index (κ1) is 26.7. The van der Waals surface area contributed by atoms with Crippen LogP contribution in [-0.2, 0) is 25.7 Å². The number of hydrogen-bond donors (Lipinski definition) is 3. The Morgan fingerprint density at radius 3 is 2.55 bits per heavy atom. The Morgan fingerprint density at radius 1 is 1.16 bits per heavy atom. The number of rotatable bonds is 9. The van der Waals surface area contributed by atoms with Gasteiger partial charge in [0.05, 0.1) is 41.3 Å². The number of fused-ring (bicyclic) bond motifs is 1. The molecule has 38 heavy (non-hydrogen) atoms. The van der Waals surface area contributed by atoms with Crippen LogP contribution in [0.5, 0.6) is 0 Å².